The Balaban J connectivity index is 1.81. The fraction of sp³-hybridized carbons (Fsp3) is 0.314. The molecule has 0 saturated heterocycles. The lowest BCUT2D eigenvalue weighted by Gasteiger charge is -2.30. The average molecular weight is 568 g/mol. The quantitative estimate of drug-likeness (QED) is 0.217. The topological polar surface area (TPSA) is 99.7 Å². The molecule has 0 bridgehead atoms. The van der Waals surface area contributed by atoms with Crippen molar-refractivity contribution in [2.24, 2.45) is 0 Å². The molecule has 0 saturated carbocycles. The second-order valence-electron chi connectivity index (χ2n) is 10.4. The van der Waals surface area contributed by atoms with Gasteiger partial charge in [-0.15, -0.1) is 0 Å². The van der Waals surface area contributed by atoms with Crippen molar-refractivity contribution in [3.63, 3.8) is 0 Å². The first-order valence-electron chi connectivity index (χ1n) is 14.7. The van der Waals surface area contributed by atoms with Crippen molar-refractivity contribution in [1.29, 1.82) is 0 Å². The van der Waals surface area contributed by atoms with Crippen LogP contribution in [0.5, 0.6) is 11.5 Å². The minimum absolute atomic E-state index is 0.0224. The van der Waals surface area contributed by atoms with Gasteiger partial charge in [0.05, 0.1) is 7.11 Å². The zero-order valence-electron chi connectivity index (χ0n) is 25.4. The number of phenolic OH excluding ortho intramolecular Hbond substituents is 1. The van der Waals surface area contributed by atoms with Gasteiger partial charge >= 0.3 is 0 Å². The minimum atomic E-state index is -0.724. The highest BCUT2D eigenvalue weighted by molar-refractivity contribution is 6.12. The average Bonchev–Trinajstić information content (AvgIpc) is 3.01. The van der Waals surface area contributed by atoms with E-state index < -0.39 is 5.92 Å². The molecule has 7 heteroatoms. The molecule has 1 atom stereocenters. The van der Waals surface area contributed by atoms with Gasteiger partial charge in [-0.25, -0.2) is 0 Å². The van der Waals surface area contributed by atoms with Crippen LogP contribution >= 0.6 is 0 Å². The van der Waals surface area contributed by atoms with E-state index in [2.05, 4.69) is 43.6 Å². The number of amides is 2. The van der Waals surface area contributed by atoms with Gasteiger partial charge in [-0.3, -0.25) is 9.59 Å². The molecule has 0 fully saturated rings. The second-order valence-corrected chi connectivity index (χ2v) is 10.4. The van der Waals surface area contributed by atoms with Crippen LogP contribution in [0.3, 0.4) is 0 Å². The van der Waals surface area contributed by atoms with E-state index in [-0.39, 0.29) is 23.3 Å². The van der Waals surface area contributed by atoms with E-state index in [4.69, 9.17) is 4.74 Å². The molecule has 1 aliphatic heterocycles. The maximum absolute atomic E-state index is 14.2. The third-order valence-corrected chi connectivity index (χ3v) is 7.97. The van der Waals surface area contributed by atoms with Crippen molar-refractivity contribution >= 4 is 23.2 Å². The number of dihydropyridines is 1. The Bertz CT molecular complexity index is 1510. The van der Waals surface area contributed by atoms with Crippen LogP contribution < -0.4 is 20.7 Å². The highest BCUT2D eigenvalue weighted by Gasteiger charge is 2.35. The highest BCUT2D eigenvalue weighted by Crippen LogP contribution is 2.41. The molecule has 0 spiro atoms. The Hall–Kier alpha value is -4.52. The first-order valence-corrected chi connectivity index (χ1v) is 14.7. The van der Waals surface area contributed by atoms with Crippen LogP contribution in [-0.4, -0.2) is 24.0 Å². The van der Waals surface area contributed by atoms with Crippen LogP contribution in [0, 0.1) is 0 Å². The summed E-state index contributed by atoms with van der Waals surface area (Å²) in [6, 6.07) is 17.0. The van der Waals surface area contributed by atoms with Crippen LogP contribution in [0.2, 0.25) is 0 Å². The molecule has 220 valence electrons. The maximum atomic E-state index is 14.2. The van der Waals surface area contributed by atoms with E-state index in [1.54, 1.807) is 18.3 Å². The Morgan fingerprint density at radius 3 is 1.79 bits per heavy atom. The number of benzene rings is 3. The Labute approximate surface area is 248 Å². The van der Waals surface area contributed by atoms with Gasteiger partial charge in [0.1, 0.15) is 0 Å². The Morgan fingerprint density at radius 2 is 1.31 bits per heavy atom. The lowest BCUT2D eigenvalue weighted by molar-refractivity contribution is -0.113. The normalized spacial score (nSPS) is 14.6. The maximum Gasteiger partial charge on any atom is 0.254 e. The molecule has 42 heavy (non-hydrogen) atoms. The van der Waals surface area contributed by atoms with Crippen molar-refractivity contribution in [1.82, 2.24) is 5.32 Å². The van der Waals surface area contributed by atoms with Gasteiger partial charge in [0.25, 0.3) is 11.8 Å². The van der Waals surface area contributed by atoms with E-state index in [1.165, 1.54) is 13.2 Å². The predicted molar refractivity (Wildman–Crippen MR) is 169 cm³/mol. The van der Waals surface area contributed by atoms with E-state index >= 15 is 0 Å². The fourth-order valence-electron chi connectivity index (χ4n) is 5.61. The number of allylic oxidation sites excluding steroid dienone is 1. The molecular formula is C35H41N3O4. The molecule has 7 nitrogen and oxygen atoms in total. The van der Waals surface area contributed by atoms with E-state index in [0.29, 0.717) is 22.4 Å². The zero-order chi connectivity index (χ0) is 30.4. The molecule has 1 heterocycles. The predicted octanol–water partition coefficient (Wildman–Crippen LogP) is 6.77. The van der Waals surface area contributed by atoms with Gasteiger partial charge in [0.2, 0.25) is 0 Å². The summed E-state index contributed by atoms with van der Waals surface area (Å²) in [7, 11) is 1.47. The lowest BCUT2D eigenvalue weighted by Crippen LogP contribution is -2.33. The second kappa shape index (κ2) is 13.4. The van der Waals surface area contributed by atoms with Crippen molar-refractivity contribution in [2.45, 2.75) is 66.2 Å². The summed E-state index contributed by atoms with van der Waals surface area (Å²) in [6.45, 7) is 10.1. The Kier molecular flexibility index (Phi) is 9.73. The van der Waals surface area contributed by atoms with E-state index in [9.17, 15) is 14.7 Å². The summed E-state index contributed by atoms with van der Waals surface area (Å²) in [6.07, 6.45) is 4.74. The number of nitrogens with one attached hydrogen (secondary N) is 3. The number of carbonyl (C=O) groups is 2. The molecule has 0 radical (unpaired) electrons. The molecule has 0 aliphatic carbocycles. The molecule has 0 unspecified atom stereocenters. The highest BCUT2D eigenvalue weighted by atomic mass is 16.5. The lowest BCUT2D eigenvalue weighted by atomic mass is 9.81. The van der Waals surface area contributed by atoms with Crippen LogP contribution in [0.4, 0.5) is 11.4 Å². The van der Waals surface area contributed by atoms with Crippen molar-refractivity contribution in [3.05, 3.63) is 105 Å². The van der Waals surface area contributed by atoms with Gasteiger partial charge in [0.15, 0.2) is 11.5 Å². The number of ether oxygens (including phenoxy) is 1. The molecule has 4 N–H and O–H groups in total. The summed E-state index contributed by atoms with van der Waals surface area (Å²) in [5.74, 6) is -1.09. The van der Waals surface area contributed by atoms with Gasteiger partial charge in [0, 0.05) is 40.3 Å². The molecule has 4 rings (SSSR count). The summed E-state index contributed by atoms with van der Waals surface area (Å²) < 4.78 is 5.40. The number of hydrogen-bond acceptors (Lipinski definition) is 5. The molecule has 0 aromatic heterocycles. The Morgan fingerprint density at radius 1 is 0.810 bits per heavy atom. The smallest absolute Gasteiger partial charge is 0.254 e. The summed E-state index contributed by atoms with van der Waals surface area (Å²) in [5.41, 5.74) is 7.87. The van der Waals surface area contributed by atoms with Gasteiger partial charge in [-0.05, 0) is 72.6 Å². The van der Waals surface area contributed by atoms with Gasteiger partial charge in [-0.2, -0.15) is 0 Å². The molecule has 3 aromatic carbocycles. The molecular weight excluding hydrogens is 526 g/mol. The number of carbonyl (C=O) groups excluding carboxylic acids is 2. The number of aryl methyl sites for hydroxylation is 4. The van der Waals surface area contributed by atoms with Crippen LogP contribution in [-0.2, 0) is 35.3 Å². The van der Waals surface area contributed by atoms with Gasteiger partial charge < -0.3 is 25.8 Å². The third-order valence-electron chi connectivity index (χ3n) is 7.97. The van der Waals surface area contributed by atoms with Crippen LogP contribution in [0.25, 0.3) is 0 Å². The number of phenols is 1. The van der Waals surface area contributed by atoms with E-state index in [1.807, 2.05) is 43.3 Å². The number of rotatable bonds is 10. The summed E-state index contributed by atoms with van der Waals surface area (Å²) >= 11 is 0. The van der Waals surface area contributed by atoms with E-state index in [0.717, 1.165) is 59.3 Å². The van der Waals surface area contributed by atoms with Crippen LogP contribution in [0.1, 0.15) is 68.4 Å². The summed E-state index contributed by atoms with van der Waals surface area (Å²) in [4.78, 5) is 28.3. The van der Waals surface area contributed by atoms with Crippen molar-refractivity contribution in [3.8, 4) is 11.5 Å². The minimum Gasteiger partial charge on any atom is -0.504 e. The fourth-order valence-corrected chi connectivity index (χ4v) is 5.61. The third kappa shape index (κ3) is 6.05. The first-order chi connectivity index (χ1) is 20.3. The largest absolute Gasteiger partial charge is 0.504 e. The number of aromatic hydroxyl groups is 1. The first kappa shape index (κ1) is 30.4. The van der Waals surface area contributed by atoms with Crippen molar-refractivity contribution < 1.29 is 19.4 Å². The summed E-state index contributed by atoms with van der Waals surface area (Å²) in [5, 5.41) is 19.9. The monoisotopic (exact) mass is 567 g/mol. The molecule has 1 aliphatic rings. The number of hydrogen-bond donors (Lipinski definition) is 4. The molecule has 3 aromatic rings. The number of anilines is 2. The number of methoxy groups -OCH3 is 1. The number of para-hydroxylation sites is 2. The van der Waals surface area contributed by atoms with Gasteiger partial charge in [-0.1, -0.05) is 70.2 Å². The van der Waals surface area contributed by atoms with Crippen LogP contribution in [0.15, 0.2) is 77.6 Å². The zero-order valence-corrected chi connectivity index (χ0v) is 25.4. The van der Waals surface area contributed by atoms with Crippen molar-refractivity contribution in [2.75, 3.05) is 17.7 Å². The molecule has 2 amide bonds. The standard InChI is InChI=1S/C35H41N3O4/c1-7-22-13-11-14-23(8-2)32(22)37-34(40)27-20-36-21(5)30(31(27)26-17-18-28(39)29(19-26)42-6)35(41)38-33-24(9-3)15-12-16-25(33)10-4/h11-20,31,36,39H,7-10H2,1-6H3,(H,37,40)(H,38,41)/t31-/m1/s1. The SMILES string of the molecule is CCc1cccc(CC)c1NC(=O)C1=CNC(C)=C(C(=O)Nc2c(CC)cccc2CC)[C@@H]1c1ccc(O)c(OC)c1.